The molecule has 58 valence electrons. The Morgan fingerprint density at radius 3 is 3.08 bits per heavy atom. The lowest BCUT2D eigenvalue weighted by molar-refractivity contribution is 1.17. The van der Waals surface area contributed by atoms with Gasteiger partial charge in [0.15, 0.2) is 11.5 Å². The van der Waals surface area contributed by atoms with Crippen LogP contribution in [0.1, 0.15) is 5.82 Å². The van der Waals surface area contributed by atoms with Crippen LogP contribution in [0.25, 0.3) is 11.2 Å². The van der Waals surface area contributed by atoms with Gasteiger partial charge in [-0.2, -0.15) is 0 Å². The molecule has 0 bridgehead atoms. The summed E-state index contributed by atoms with van der Waals surface area (Å²) in [5, 5.41) is 0. The van der Waals surface area contributed by atoms with Crippen molar-refractivity contribution < 1.29 is 0 Å². The zero-order chi connectivity index (χ0) is 8.55. The maximum Gasteiger partial charge on any atom is 0.208 e. The van der Waals surface area contributed by atoms with E-state index in [-0.39, 0.29) is 5.82 Å². The Morgan fingerprint density at radius 2 is 2.33 bits per heavy atom. The SMILES string of the molecule is C#Cc1nc(N)c2nc[nH]c2n1. The molecule has 2 heterocycles. The van der Waals surface area contributed by atoms with E-state index in [1.54, 1.807) is 0 Å². The topological polar surface area (TPSA) is 80.5 Å². The highest BCUT2D eigenvalue weighted by Crippen LogP contribution is 2.11. The molecule has 0 amide bonds. The fraction of sp³-hybridized carbons (Fsp3) is 0. The van der Waals surface area contributed by atoms with Gasteiger partial charge in [0, 0.05) is 0 Å². The van der Waals surface area contributed by atoms with Gasteiger partial charge in [-0.1, -0.05) is 0 Å². The molecule has 2 rings (SSSR count). The first-order valence-corrected chi connectivity index (χ1v) is 3.24. The smallest absolute Gasteiger partial charge is 0.208 e. The van der Waals surface area contributed by atoms with E-state index in [4.69, 9.17) is 12.2 Å². The molecule has 5 nitrogen and oxygen atoms in total. The number of aromatic amines is 1. The lowest BCUT2D eigenvalue weighted by atomic mass is 10.5. The number of aromatic nitrogens is 4. The molecule has 0 aliphatic heterocycles. The molecule has 0 atom stereocenters. The van der Waals surface area contributed by atoms with Crippen molar-refractivity contribution in [1.29, 1.82) is 0 Å². The van der Waals surface area contributed by atoms with Crippen LogP contribution in [-0.4, -0.2) is 19.9 Å². The van der Waals surface area contributed by atoms with Crippen LogP contribution < -0.4 is 5.73 Å². The number of H-pyrrole nitrogens is 1. The molecule has 2 aromatic heterocycles. The molecule has 0 aliphatic carbocycles. The van der Waals surface area contributed by atoms with Crippen LogP contribution in [0.5, 0.6) is 0 Å². The molecular weight excluding hydrogens is 154 g/mol. The van der Waals surface area contributed by atoms with Crippen LogP contribution in [-0.2, 0) is 0 Å². The number of nitrogens with zero attached hydrogens (tertiary/aromatic N) is 3. The first kappa shape index (κ1) is 6.61. The molecule has 0 radical (unpaired) electrons. The van der Waals surface area contributed by atoms with Gasteiger partial charge in [0.2, 0.25) is 5.82 Å². The zero-order valence-electron chi connectivity index (χ0n) is 6.07. The molecule has 0 aliphatic rings. The Bertz CT molecular complexity index is 464. The van der Waals surface area contributed by atoms with Crippen LogP contribution in [0.15, 0.2) is 6.33 Å². The Labute approximate surface area is 68.1 Å². The molecule has 12 heavy (non-hydrogen) atoms. The molecule has 0 aromatic carbocycles. The van der Waals surface area contributed by atoms with Crippen LogP contribution in [0.3, 0.4) is 0 Å². The normalized spacial score (nSPS) is 9.92. The number of rotatable bonds is 0. The van der Waals surface area contributed by atoms with E-state index in [0.29, 0.717) is 17.0 Å². The van der Waals surface area contributed by atoms with Gasteiger partial charge in [0.1, 0.15) is 5.52 Å². The van der Waals surface area contributed by atoms with Crippen molar-refractivity contribution >= 4 is 17.0 Å². The van der Waals surface area contributed by atoms with Crippen molar-refractivity contribution in [3.8, 4) is 12.3 Å². The molecule has 0 unspecified atom stereocenters. The number of hydrogen-bond donors (Lipinski definition) is 2. The summed E-state index contributed by atoms with van der Waals surface area (Å²) >= 11 is 0. The first-order valence-electron chi connectivity index (χ1n) is 3.24. The number of terminal acetylenes is 1. The van der Waals surface area contributed by atoms with E-state index < -0.39 is 0 Å². The predicted octanol–water partition coefficient (Wildman–Crippen LogP) is -0.0836. The fourth-order valence-electron chi connectivity index (χ4n) is 0.923. The standard InChI is InChI=1S/C7H5N5/c1-2-4-11-6(8)5-7(12-4)10-3-9-5/h1,3H,(H3,8,9,10,11,12). The van der Waals surface area contributed by atoms with Crippen molar-refractivity contribution in [3.63, 3.8) is 0 Å². The average Bonchev–Trinajstić information content (AvgIpc) is 2.52. The van der Waals surface area contributed by atoms with E-state index in [1.165, 1.54) is 6.33 Å². The summed E-state index contributed by atoms with van der Waals surface area (Å²) in [7, 11) is 0. The largest absolute Gasteiger partial charge is 0.382 e. The minimum absolute atomic E-state index is 0.268. The second-order valence-corrected chi connectivity index (χ2v) is 2.18. The highest BCUT2D eigenvalue weighted by atomic mass is 15.0. The molecule has 0 saturated heterocycles. The summed E-state index contributed by atoms with van der Waals surface area (Å²) in [6.07, 6.45) is 6.61. The zero-order valence-corrected chi connectivity index (χ0v) is 6.07. The van der Waals surface area contributed by atoms with E-state index in [9.17, 15) is 0 Å². The maximum absolute atomic E-state index is 5.55. The van der Waals surface area contributed by atoms with Gasteiger partial charge < -0.3 is 10.7 Å². The van der Waals surface area contributed by atoms with Crippen LogP contribution in [0.2, 0.25) is 0 Å². The van der Waals surface area contributed by atoms with Crippen molar-refractivity contribution in [2.45, 2.75) is 0 Å². The second kappa shape index (κ2) is 2.20. The lowest BCUT2D eigenvalue weighted by Gasteiger charge is -1.93. The van der Waals surface area contributed by atoms with E-state index in [2.05, 4.69) is 25.9 Å². The number of fused-ring (bicyclic) bond motifs is 1. The predicted molar refractivity (Wildman–Crippen MR) is 44.0 cm³/mol. The van der Waals surface area contributed by atoms with Gasteiger partial charge in [-0.15, -0.1) is 6.42 Å². The number of anilines is 1. The lowest BCUT2D eigenvalue weighted by Crippen LogP contribution is -1.97. The summed E-state index contributed by atoms with van der Waals surface area (Å²) < 4.78 is 0. The van der Waals surface area contributed by atoms with Gasteiger partial charge in [0.25, 0.3) is 0 Å². The van der Waals surface area contributed by atoms with Crippen LogP contribution in [0, 0.1) is 12.3 Å². The monoisotopic (exact) mass is 159 g/mol. The minimum atomic E-state index is 0.268. The highest BCUT2D eigenvalue weighted by molar-refractivity contribution is 5.81. The number of nitrogens with one attached hydrogen (secondary N) is 1. The average molecular weight is 159 g/mol. The summed E-state index contributed by atoms with van der Waals surface area (Å²) in [5.74, 6) is 2.87. The second-order valence-electron chi connectivity index (χ2n) is 2.18. The van der Waals surface area contributed by atoms with E-state index in [1.807, 2.05) is 0 Å². The quantitative estimate of drug-likeness (QED) is 0.526. The van der Waals surface area contributed by atoms with E-state index in [0.717, 1.165) is 0 Å². The summed E-state index contributed by atoms with van der Waals surface area (Å²) in [4.78, 5) is 14.5. The summed E-state index contributed by atoms with van der Waals surface area (Å²) in [5.41, 5.74) is 6.66. The van der Waals surface area contributed by atoms with Gasteiger partial charge >= 0.3 is 0 Å². The Morgan fingerprint density at radius 1 is 1.50 bits per heavy atom. The van der Waals surface area contributed by atoms with E-state index >= 15 is 0 Å². The third-order valence-corrected chi connectivity index (χ3v) is 1.43. The Balaban J connectivity index is 2.86. The third-order valence-electron chi connectivity index (χ3n) is 1.43. The molecular formula is C7H5N5. The fourth-order valence-corrected chi connectivity index (χ4v) is 0.923. The molecule has 0 fully saturated rings. The number of hydrogen-bond acceptors (Lipinski definition) is 4. The van der Waals surface area contributed by atoms with Crippen molar-refractivity contribution in [3.05, 3.63) is 12.2 Å². The minimum Gasteiger partial charge on any atom is -0.382 e. The number of nitrogen functional groups attached to an aromatic ring is 1. The van der Waals surface area contributed by atoms with Crippen LogP contribution in [0.4, 0.5) is 5.82 Å². The van der Waals surface area contributed by atoms with Gasteiger partial charge in [0.05, 0.1) is 6.33 Å². The maximum atomic E-state index is 5.55. The number of nitrogens with two attached hydrogens (primary N) is 1. The molecule has 2 aromatic rings. The molecule has 0 saturated carbocycles. The third kappa shape index (κ3) is 0.787. The molecule has 0 spiro atoms. The van der Waals surface area contributed by atoms with Gasteiger partial charge in [-0.25, -0.2) is 15.0 Å². The molecule has 5 heteroatoms. The van der Waals surface area contributed by atoms with Crippen molar-refractivity contribution in [1.82, 2.24) is 19.9 Å². The number of imidazole rings is 1. The summed E-state index contributed by atoms with van der Waals surface area (Å²) in [6, 6.07) is 0. The Kier molecular flexibility index (Phi) is 1.21. The van der Waals surface area contributed by atoms with Crippen molar-refractivity contribution in [2.75, 3.05) is 5.73 Å². The highest BCUT2D eigenvalue weighted by Gasteiger charge is 2.04. The molecule has 3 N–H and O–H groups in total. The van der Waals surface area contributed by atoms with Crippen molar-refractivity contribution in [2.24, 2.45) is 0 Å². The van der Waals surface area contributed by atoms with Gasteiger partial charge in [-0.3, -0.25) is 0 Å². The van der Waals surface area contributed by atoms with Crippen LogP contribution >= 0.6 is 0 Å². The Hall–Kier alpha value is -2.09. The van der Waals surface area contributed by atoms with Gasteiger partial charge in [-0.05, 0) is 5.92 Å². The first-order chi connectivity index (χ1) is 5.81. The summed E-state index contributed by atoms with van der Waals surface area (Å²) in [6.45, 7) is 0.